The standard InChI is InChI=1S/C9H12BrNS/c1-2-7(4-11)3-8-5-12-6-9(8)10/h3,5-6H,2,4,11H2,1H3/b7-3-. The maximum Gasteiger partial charge on any atom is 0.0354 e. The molecule has 0 amide bonds. The topological polar surface area (TPSA) is 26.0 Å². The van der Waals surface area contributed by atoms with Crippen LogP contribution in [0.15, 0.2) is 20.8 Å². The summed E-state index contributed by atoms with van der Waals surface area (Å²) in [6.45, 7) is 2.78. The van der Waals surface area contributed by atoms with Crippen molar-refractivity contribution < 1.29 is 0 Å². The van der Waals surface area contributed by atoms with Gasteiger partial charge in [0, 0.05) is 16.4 Å². The van der Waals surface area contributed by atoms with Gasteiger partial charge in [-0.1, -0.05) is 18.6 Å². The molecule has 12 heavy (non-hydrogen) atoms. The first-order chi connectivity index (χ1) is 5.77. The normalized spacial score (nSPS) is 12.1. The van der Waals surface area contributed by atoms with Crippen molar-refractivity contribution in [3.63, 3.8) is 0 Å². The number of hydrogen-bond acceptors (Lipinski definition) is 2. The van der Waals surface area contributed by atoms with Crippen molar-refractivity contribution in [3.8, 4) is 0 Å². The number of thiophene rings is 1. The van der Waals surface area contributed by atoms with Crippen LogP contribution in [0.1, 0.15) is 18.9 Å². The Kier molecular flexibility index (Phi) is 3.98. The Bertz CT molecular complexity index is 272. The number of hydrogen-bond donors (Lipinski definition) is 1. The lowest BCUT2D eigenvalue weighted by molar-refractivity contribution is 1.02. The van der Waals surface area contributed by atoms with Gasteiger partial charge in [0.15, 0.2) is 0 Å². The summed E-state index contributed by atoms with van der Waals surface area (Å²) in [5.74, 6) is 0. The van der Waals surface area contributed by atoms with Gasteiger partial charge in [0.25, 0.3) is 0 Å². The molecule has 0 unspecified atom stereocenters. The molecule has 1 heterocycles. The van der Waals surface area contributed by atoms with E-state index in [1.165, 1.54) is 11.1 Å². The van der Waals surface area contributed by atoms with Gasteiger partial charge in [-0.25, -0.2) is 0 Å². The van der Waals surface area contributed by atoms with E-state index in [9.17, 15) is 0 Å². The van der Waals surface area contributed by atoms with E-state index in [0.29, 0.717) is 6.54 Å². The van der Waals surface area contributed by atoms with Crippen LogP contribution in [0.25, 0.3) is 6.08 Å². The predicted molar refractivity (Wildman–Crippen MR) is 59.3 cm³/mol. The first-order valence-corrected chi connectivity index (χ1v) is 5.62. The van der Waals surface area contributed by atoms with Crippen LogP contribution in [-0.2, 0) is 0 Å². The van der Waals surface area contributed by atoms with Gasteiger partial charge in [-0.3, -0.25) is 0 Å². The second-order valence-corrected chi connectivity index (χ2v) is 4.13. The first-order valence-electron chi connectivity index (χ1n) is 3.89. The highest BCUT2D eigenvalue weighted by Crippen LogP contribution is 2.23. The fourth-order valence-corrected chi connectivity index (χ4v) is 2.29. The zero-order valence-corrected chi connectivity index (χ0v) is 9.41. The first kappa shape index (κ1) is 9.96. The summed E-state index contributed by atoms with van der Waals surface area (Å²) in [6, 6.07) is 0. The average molecular weight is 246 g/mol. The van der Waals surface area contributed by atoms with E-state index in [0.717, 1.165) is 10.9 Å². The fraction of sp³-hybridized carbons (Fsp3) is 0.333. The SMILES string of the molecule is CC/C(=C/c1cscc1Br)CN. The molecule has 0 aliphatic carbocycles. The number of halogens is 1. The lowest BCUT2D eigenvalue weighted by Crippen LogP contribution is -2.01. The minimum atomic E-state index is 0.652. The lowest BCUT2D eigenvalue weighted by Gasteiger charge is -1.98. The summed E-state index contributed by atoms with van der Waals surface area (Å²) in [6.07, 6.45) is 3.18. The van der Waals surface area contributed by atoms with Crippen LogP contribution >= 0.6 is 27.3 Å². The van der Waals surface area contributed by atoms with Crippen molar-refractivity contribution in [2.24, 2.45) is 5.73 Å². The summed E-state index contributed by atoms with van der Waals surface area (Å²) in [5, 5.41) is 4.20. The highest BCUT2D eigenvalue weighted by atomic mass is 79.9. The summed E-state index contributed by atoms with van der Waals surface area (Å²) in [7, 11) is 0. The van der Waals surface area contributed by atoms with Gasteiger partial charge in [0.05, 0.1) is 0 Å². The Balaban J connectivity index is 2.85. The van der Waals surface area contributed by atoms with Gasteiger partial charge >= 0.3 is 0 Å². The average Bonchev–Trinajstić information content (AvgIpc) is 2.47. The van der Waals surface area contributed by atoms with Gasteiger partial charge in [-0.15, -0.1) is 0 Å². The van der Waals surface area contributed by atoms with Gasteiger partial charge < -0.3 is 5.73 Å². The molecule has 66 valence electrons. The Labute approximate surface area is 85.4 Å². The summed E-state index contributed by atoms with van der Waals surface area (Å²) >= 11 is 5.18. The largest absolute Gasteiger partial charge is 0.327 e. The quantitative estimate of drug-likeness (QED) is 0.870. The molecule has 0 bridgehead atoms. The Morgan fingerprint density at radius 3 is 2.83 bits per heavy atom. The zero-order chi connectivity index (χ0) is 8.97. The number of nitrogens with two attached hydrogens (primary N) is 1. The molecule has 0 saturated carbocycles. The molecule has 1 nitrogen and oxygen atoms in total. The van der Waals surface area contributed by atoms with E-state index < -0.39 is 0 Å². The van der Waals surface area contributed by atoms with Crippen molar-refractivity contribution in [1.29, 1.82) is 0 Å². The van der Waals surface area contributed by atoms with Crippen LogP contribution in [0.2, 0.25) is 0 Å². The highest BCUT2D eigenvalue weighted by Gasteiger charge is 1.98. The van der Waals surface area contributed by atoms with Crippen molar-refractivity contribution in [3.05, 3.63) is 26.4 Å². The molecular weight excluding hydrogens is 234 g/mol. The zero-order valence-electron chi connectivity index (χ0n) is 7.01. The van der Waals surface area contributed by atoms with Crippen molar-refractivity contribution in [1.82, 2.24) is 0 Å². The molecule has 0 radical (unpaired) electrons. The Hall–Kier alpha value is -0.120. The highest BCUT2D eigenvalue weighted by molar-refractivity contribution is 9.10. The molecule has 3 heteroatoms. The molecule has 1 rings (SSSR count). The minimum absolute atomic E-state index is 0.652. The Morgan fingerprint density at radius 1 is 1.67 bits per heavy atom. The molecule has 0 aliphatic rings. The molecule has 1 aromatic heterocycles. The van der Waals surface area contributed by atoms with Crippen LogP contribution in [0, 0.1) is 0 Å². The number of rotatable bonds is 3. The van der Waals surface area contributed by atoms with Gasteiger partial charge in [0.2, 0.25) is 0 Å². The third-order valence-corrected chi connectivity index (χ3v) is 3.47. The summed E-state index contributed by atoms with van der Waals surface area (Å²) in [4.78, 5) is 0. The van der Waals surface area contributed by atoms with Crippen molar-refractivity contribution in [2.45, 2.75) is 13.3 Å². The lowest BCUT2D eigenvalue weighted by atomic mass is 10.1. The molecule has 2 N–H and O–H groups in total. The summed E-state index contributed by atoms with van der Waals surface area (Å²) in [5.41, 5.74) is 8.09. The van der Waals surface area contributed by atoms with E-state index in [2.05, 4.69) is 39.7 Å². The predicted octanol–water partition coefficient (Wildman–Crippen LogP) is 3.26. The third-order valence-electron chi connectivity index (χ3n) is 1.72. The van der Waals surface area contributed by atoms with Crippen LogP contribution in [0.3, 0.4) is 0 Å². The van der Waals surface area contributed by atoms with Crippen molar-refractivity contribution in [2.75, 3.05) is 6.54 Å². The van der Waals surface area contributed by atoms with Crippen LogP contribution in [-0.4, -0.2) is 6.54 Å². The Morgan fingerprint density at radius 2 is 2.42 bits per heavy atom. The van der Waals surface area contributed by atoms with E-state index in [1.54, 1.807) is 11.3 Å². The van der Waals surface area contributed by atoms with Crippen molar-refractivity contribution >= 4 is 33.3 Å². The molecule has 0 fully saturated rings. The molecule has 0 atom stereocenters. The third kappa shape index (κ3) is 2.44. The fourth-order valence-electron chi connectivity index (χ4n) is 0.920. The van der Waals surface area contributed by atoms with E-state index in [-0.39, 0.29) is 0 Å². The van der Waals surface area contributed by atoms with Crippen LogP contribution in [0.5, 0.6) is 0 Å². The van der Waals surface area contributed by atoms with Gasteiger partial charge in [0.1, 0.15) is 0 Å². The smallest absolute Gasteiger partial charge is 0.0354 e. The monoisotopic (exact) mass is 245 g/mol. The van der Waals surface area contributed by atoms with E-state index >= 15 is 0 Å². The minimum Gasteiger partial charge on any atom is -0.327 e. The second-order valence-electron chi connectivity index (χ2n) is 2.54. The second kappa shape index (κ2) is 4.80. The van der Waals surface area contributed by atoms with Crippen LogP contribution < -0.4 is 5.73 Å². The molecule has 0 saturated heterocycles. The maximum absolute atomic E-state index is 5.57. The van der Waals surface area contributed by atoms with Gasteiger partial charge in [-0.2, -0.15) is 11.3 Å². The molecule has 0 aliphatic heterocycles. The summed E-state index contributed by atoms with van der Waals surface area (Å²) < 4.78 is 1.16. The molecule has 0 spiro atoms. The molecular formula is C9H12BrNS. The maximum atomic E-state index is 5.57. The van der Waals surface area contributed by atoms with E-state index in [1.807, 2.05) is 0 Å². The molecule has 0 aromatic carbocycles. The van der Waals surface area contributed by atoms with E-state index in [4.69, 9.17) is 5.73 Å². The van der Waals surface area contributed by atoms with Gasteiger partial charge in [-0.05, 0) is 33.3 Å². The van der Waals surface area contributed by atoms with Crippen LogP contribution in [0.4, 0.5) is 0 Å². The molecule has 1 aromatic rings.